The summed E-state index contributed by atoms with van der Waals surface area (Å²) in [5.41, 5.74) is 0. The molecule has 1 aromatic rings. The Balaban J connectivity index is 2.07. The largest absolute Gasteiger partial charge is 0.394 e. The molecule has 2 N–H and O–H groups in total. The van der Waals surface area contributed by atoms with Gasteiger partial charge in [0.1, 0.15) is 0 Å². The summed E-state index contributed by atoms with van der Waals surface area (Å²) >= 11 is 5.63. The van der Waals surface area contributed by atoms with Gasteiger partial charge < -0.3 is 15.2 Å². The molecule has 0 radical (unpaired) electrons. The average molecular weight is 232 g/mol. The summed E-state index contributed by atoms with van der Waals surface area (Å²) in [5, 5.41) is 12.0. The Labute approximate surface area is 93.5 Å². The predicted octanol–water partition coefficient (Wildman–Crippen LogP) is 0.941. The topological polar surface area (TPSA) is 67.3 Å². The van der Waals surface area contributed by atoms with E-state index in [1.165, 1.54) is 0 Å². The van der Waals surface area contributed by atoms with Gasteiger partial charge in [0, 0.05) is 13.2 Å². The molecule has 6 heteroatoms. The van der Waals surface area contributed by atoms with Crippen molar-refractivity contribution in [3.05, 3.63) is 17.4 Å². The second-order valence-corrected chi connectivity index (χ2v) is 3.28. The number of aromatic nitrogens is 2. The van der Waals surface area contributed by atoms with Gasteiger partial charge >= 0.3 is 0 Å². The van der Waals surface area contributed by atoms with E-state index in [1.54, 1.807) is 12.4 Å². The van der Waals surface area contributed by atoms with E-state index in [0.717, 1.165) is 13.0 Å². The van der Waals surface area contributed by atoms with Crippen molar-refractivity contribution >= 4 is 17.5 Å². The van der Waals surface area contributed by atoms with Gasteiger partial charge in [0.25, 0.3) is 0 Å². The second kappa shape index (κ2) is 7.39. The second-order valence-electron chi connectivity index (χ2n) is 2.84. The van der Waals surface area contributed by atoms with E-state index in [1.807, 2.05) is 0 Å². The maximum absolute atomic E-state index is 8.45. The van der Waals surface area contributed by atoms with Crippen LogP contribution in [-0.2, 0) is 4.74 Å². The SMILES string of the molecule is OCCOCCCNc1ncc(Cl)cn1. The average Bonchev–Trinajstić information content (AvgIpc) is 2.26. The lowest BCUT2D eigenvalue weighted by Gasteiger charge is -2.04. The van der Waals surface area contributed by atoms with Crippen molar-refractivity contribution in [3.8, 4) is 0 Å². The number of halogens is 1. The molecule has 1 heterocycles. The van der Waals surface area contributed by atoms with Crippen molar-refractivity contribution in [2.24, 2.45) is 0 Å². The molecular weight excluding hydrogens is 218 g/mol. The van der Waals surface area contributed by atoms with Crippen LogP contribution in [0.15, 0.2) is 12.4 Å². The molecule has 0 saturated carbocycles. The van der Waals surface area contributed by atoms with Crippen molar-refractivity contribution in [2.45, 2.75) is 6.42 Å². The van der Waals surface area contributed by atoms with Crippen LogP contribution >= 0.6 is 11.6 Å². The summed E-state index contributed by atoms with van der Waals surface area (Å²) in [7, 11) is 0. The van der Waals surface area contributed by atoms with Crippen molar-refractivity contribution < 1.29 is 9.84 Å². The fourth-order valence-electron chi connectivity index (χ4n) is 0.945. The normalized spacial score (nSPS) is 10.3. The number of nitrogens with zero attached hydrogens (tertiary/aromatic N) is 2. The van der Waals surface area contributed by atoms with E-state index in [0.29, 0.717) is 24.2 Å². The summed E-state index contributed by atoms with van der Waals surface area (Å²) in [6.45, 7) is 1.79. The molecule has 0 spiro atoms. The van der Waals surface area contributed by atoms with Crippen LogP contribution in [0.4, 0.5) is 5.95 Å². The van der Waals surface area contributed by atoms with Crippen molar-refractivity contribution in [1.82, 2.24) is 9.97 Å². The highest BCUT2D eigenvalue weighted by molar-refractivity contribution is 6.30. The molecule has 0 bridgehead atoms. The Kier molecular flexibility index (Phi) is 5.99. The Morgan fingerprint density at radius 2 is 2.07 bits per heavy atom. The third-order valence-corrected chi connectivity index (χ3v) is 1.80. The Morgan fingerprint density at radius 3 is 2.73 bits per heavy atom. The molecule has 0 aromatic carbocycles. The highest BCUT2D eigenvalue weighted by atomic mass is 35.5. The number of ether oxygens (including phenoxy) is 1. The van der Waals surface area contributed by atoms with Gasteiger partial charge in [-0.25, -0.2) is 9.97 Å². The first-order valence-electron chi connectivity index (χ1n) is 4.73. The Hall–Kier alpha value is -0.910. The lowest BCUT2D eigenvalue weighted by atomic mass is 10.4. The first-order valence-corrected chi connectivity index (χ1v) is 5.11. The maximum atomic E-state index is 8.45. The van der Waals surface area contributed by atoms with Crippen molar-refractivity contribution in [2.75, 3.05) is 31.7 Å². The highest BCUT2D eigenvalue weighted by Gasteiger charge is 1.94. The maximum Gasteiger partial charge on any atom is 0.222 e. The van der Waals surface area contributed by atoms with Gasteiger partial charge in [0.05, 0.1) is 30.6 Å². The van der Waals surface area contributed by atoms with Gasteiger partial charge in [0.15, 0.2) is 0 Å². The number of rotatable bonds is 7. The van der Waals surface area contributed by atoms with Crippen LogP contribution < -0.4 is 5.32 Å². The number of hydrogen-bond donors (Lipinski definition) is 2. The Bertz CT molecular complexity index is 269. The van der Waals surface area contributed by atoms with Crippen molar-refractivity contribution in [3.63, 3.8) is 0 Å². The summed E-state index contributed by atoms with van der Waals surface area (Å²) in [4.78, 5) is 7.95. The molecule has 1 aromatic heterocycles. The van der Waals surface area contributed by atoms with Crippen LogP contribution in [0.2, 0.25) is 5.02 Å². The molecule has 0 aliphatic heterocycles. The number of aliphatic hydroxyl groups is 1. The fourth-order valence-corrected chi connectivity index (χ4v) is 1.04. The monoisotopic (exact) mass is 231 g/mol. The van der Waals surface area contributed by atoms with Gasteiger partial charge in [0.2, 0.25) is 5.95 Å². The van der Waals surface area contributed by atoms with Crippen LogP contribution in [-0.4, -0.2) is 41.4 Å². The van der Waals surface area contributed by atoms with Gasteiger partial charge in [-0.2, -0.15) is 0 Å². The quantitative estimate of drug-likeness (QED) is 0.684. The van der Waals surface area contributed by atoms with E-state index < -0.39 is 0 Å². The van der Waals surface area contributed by atoms with Gasteiger partial charge in [-0.05, 0) is 6.42 Å². The Morgan fingerprint density at radius 1 is 1.33 bits per heavy atom. The molecule has 1 rings (SSSR count). The zero-order valence-electron chi connectivity index (χ0n) is 8.32. The van der Waals surface area contributed by atoms with Crippen LogP contribution in [0.5, 0.6) is 0 Å². The molecule has 0 amide bonds. The van der Waals surface area contributed by atoms with E-state index in [9.17, 15) is 0 Å². The van der Waals surface area contributed by atoms with Crippen LogP contribution in [0.3, 0.4) is 0 Å². The number of aliphatic hydroxyl groups excluding tert-OH is 1. The first-order chi connectivity index (χ1) is 7.33. The molecule has 84 valence electrons. The number of anilines is 1. The van der Waals surface area contributed by atoms with E-state index in [2.05, 4.69) is 15.3 Å². The van der Waals surface area contributed by atoms with E-state index >= 15 is 0 Å². The summed E-state index contributed by atoms with van der Waals surface area (Å²) in [5.74, 6) is 0.557. The number of hydrogen-bond acceptors (Lipinski definition) is 5. The zero-order valence-corrected chi connectivity index (χ0v) is 9.07. The minimum Gasteiger partial charge on any atom is -0.394 e. The van der Waals surface area contributed by atoms with Gasteiger partial charge in [-0.15, -0.1) is 0 Å². The molecule has 0 unspecified atom stereocenters. The lowest BCUT2D eigenvalue weighted by molar-refractivity contribution is 0.0921. The number of nitrogens with one attached hydrogen (secondary N) is 1. The van der Waals surface area contributed by atoms with E-state index in [4.69, 9.17) is 21.4 Å². The molecule has 0 aliphatic carbocycles. The molecule has 0 aliphatic rings. The molecule has 0 saturated heterocycles. The van der Waals surface area contributed by atoms with Gasteiger partial charge in [-0.1, -0.05) is 11.6 Å². The van der Waals surface area contributed by atoms with Crippen molar-refractivity contribution in [1.29, 1.82) is 0 Å². The molecule has 15 heavy (non-hydrogen) atoms. The minimum atomic E-state index is 0.0632. The third kappa shape index (κ3) is 5.51. The van der Waals surface area contributed by atoms with Gasteiger partial charge in [-0.3, -0.25) is 0 Å². The van der Waals surface area contributed by atoms with Crippen LogP contribution in [0.25, 0.3) is 0 Å². The third-order valence-electron chi connectivity index (χ3n) is 1.60. The predicted molar refractivity (Wildman–Crippen MR) is 58.1 cm³/mol. The smallest absolute Gasteiger partial charge is 0.222 e. The molecule has 0 atom stereocenters. The molecule has 0 fully saturated rings. The van der Waals surface area contributed by atoms with E-state index in [-0.39, 0.29) is 6.61 Å². The highest BCUT2D eigenvalue weighted by Crippen LogP contribution is 2.05. The minimum absolute atomic E-state index is 0.0632. The fraction of sp³-hybridized carbons (Fsp3) is 0.556. The lowest BCUT2D eigenvalue weighted by Crippen LogP contribution is -2.09. The van der Waals surface area contributed by atoms with Crippen LogP contribution in [0.1, 0.15) is 6.42 Å². The molecule has 5 nitrogen and oxygen atoms in total. The summed E-state index contributed by atoms with van der Waals surface area (Å²) < 4.78 is 5.09. The summed E-state index contributed by atoms with van der Waals surface area (Å²) in [6, 6.07) is 0. The molecular formula is C9H14ClN3O2. The zero-order chi connectivity index (χ0) is 10.9. The standard InChI is InChI=1S/C9H14ClN3O2/c10-8-6-12-9(13-7-8)11-2-1-4-15-5-3-14/h6-7,14H,1-5H2,(H,11,12,13). The van der Waals surface area contributed by atoms with Crippen LogP contribution in [0, 0.1) is 0 Å². The first kappa shape index (κ1) is 12.2. The summed E-state index contributed by atoms with van der Waals surface area (Å²) in [6.07, 6.45) is 3.92.